The summed E-state index contributed by atoms with van der Waals surface area (Å²) in [6.07, 6.45) is -0.894. The molecule has 0 bridgehead atoms. The van der Waals surface area contributed by atoms with Gasteiger partial charge in [-0.2, -0.15) is 0 Å². The molecule has 0 aromatic heterocycles. The van der Waals surface area contributed by atoms with Crippen molar-refractivity contribution in [3.8, 4) is 0 Å². The molecule has 1 aromatic carbocycles. The number of anilines is 1. The van der Waals surface area contributed by atoms with E-state index in [4.69, 9.17) is 26.8 Å². The van der Waals surface area contributed by atoms with E-state index in [1.54, 1.807) is 0 Å². The number of ether oxygens (including phenoxy) is 2. The summed E-state index contributed by atoms with van der Waals surface area (Å²) >= 11 is 15.1. The van der Waals surface area contributed by atoms with Crippen LogP contribution < -0.4 is 11.1 Å². The van der Waals surface area contributed by atoms with Crippen LogP contribution in [0.4, 0.5) is 5.69 Å². The Hall–Kier alpha value is -1.17. The Morgan fingerprint density at radius 3 is 2.07 bits per heavy atom. The molecule has 1 aromatic rings. The zero-order chi connectivity index (χ0) is 20.9. The molecule has 1 amide bonds. The SMILES string of the molecule is CC(=O)OCC(CNC(=O)c1c(Br)c(N)c(Br)c(C(=O)Cl)c1Br)OC(C)=O. The number of benzene rings is 1. The molecule has 8 nitrogen and oxygen atoms in total. The second kappa shape index (κ2) is 10.4. The third kappa shape index (κ3) is 6.44. The molecule has 0 aliphatic rings. The molecule has 12 heteroatoms. The first-order valence-corrected chi connectivity index (χ1v) is 9.97. The minimum atomic E-state index is -0.894. The topological polar surface area (TPSA) is 125 Å². The number of amides is 1. The van der Waals surface area contributed by atoms with Crippen LogP contribution in [0.2, 0.25) is 0 Å². The molecule has 1 unspecified atom stereocenters. The van der Waals surface area contributed by atoms with Gasteiger partial charge in [-0.25, -0.2) is 0 Å². The van der Waals surface area contributed by atoms with Crippen LogP contribution in [0.25, 0.3) is 0 Å². The standard InChI is InChI=1S/C15H14Br3ClN2O6/c1-5(22)26-4-7(27-6(2)23)3-21-15(25)9-10(16)8(14(19)24)11(17)13(20)12(9)18/h7H,3-4,20H2,1-2H3,(H,21,25). The third-order valence-electron chi connectivity index (χ3n) is 3.07. The van der Waals surface area contributed by atoms with Crippen molar-refractivity contribution < 1.29 is 28.7 Å². The van der Waals surface area contributed by atoms with Crippen LogP contribution in [0.15, 0.2) is 13.4 Å². The first-order valence-electron chi connectivity index (χ1n) is 7.21. The summed E-state index contributed by atoms with van der Waals surface area (Å²) in [6.45, 7) is 2.01. The molecule has 0 heterocycles. The maximum absolute atomic E-state index is 12.6. The number of carbonyl (C=O) groups excluding carboxylic acids is 4. The molecule has 1 rings (SSSR count). The van der Waals surface area contributed by atoms with Crippen molar-refractivity contribution >= 4 is 88.2 Å². The highest BCUT2D eigenvalue weighted by Gasteiger charge is 2.27. The highest BCUT2D eigenvalue weighted by atomic mass is 79.9. The van der Waals surface area contributed by atoms with Crippen molar-refractivity contribution in [3.63, 3.8) is 0 Å². The number of carbonyl (C=O) groups is 4. The molecule has 0 spiro atoms. The van der Waals surface area contributed by atoms with Gasteiger partial charge >= 0.3 is 11.9 Å². The summed E-state index contributed by atoms with van der Waals surface area (Å²) in [5, 5.41) is 1.71. The predicted molar refractivity (Wildman–Crippen MR) is 109 cm³/mol. The number of nitrogens with two attached hydrogens (primary N) is 1. The monoisotopic (exact) mass is 590 g/mol. The number of nitrogen functional groups attached to an aromatic ring is 1. The average Bonchev–Trinajstić information content (AvgIpc) is 2.54. The Labute approximate surface area is 184 Å². The number of esters is 2. The molecular weight excluding hydrogens is 579 g/mol. The van der Waals surface area contributed by atoms with E-state index in [-0.39, 0.29) is 43.4 Å². The minimum Gasteiger partial charge on any atom is -0.462 e. The summed E-state index contributed by atoms with van der Waals surface area (Å²) in [4.78, 5) is 46.4. The lowest BCUT2D eigenvalue weighted by Gasteiger charge is -2.19. The van der Waals surface area contributed by atoms with Gasteiger partial charge in [0.05, 0.1) is 32.3 Å². The average molecular weight is 593 g/mol. The summed E-state index contributed by atoms with van der Waals surface area (Å²) in [6, 6.07) is 0. The molecule has 0 aliphatic carbocycles. The first kappa shape index (κ1) is 23.9. The van der Waals surface area contributed by atoms with E-state index >= 15 is 0 Å². The zero-order valence-electron chi connectivity index (χ0n) is 14.0. The lowest BCUT2D eigenvalue weighted by molar-refractivity contribution is -0.155. The second-order valence-electron chi connectivity index (χ2n) is 5.12. The van der Waals surface area contributed by atoms with Crippen molar-refractivity contribution in [3.05, 3.63) is 24.5 Å². The lowest BCUT2D eigenvalue weighted by Crippen LogP contribution is -2.38. The van der Waals surface area contributed by atoms with Gasteiger partial charge in [0, 0.05) is 18.3 Å². The van der Waals surface area contributed by atoms with Crippen molar-refractivity contribution in [1.82, 2.24) is 5.32 Å². The van der Waals surface area contributed by atoms with Crippen LogP contribution in [-0.4, -0.2) is 42.3 Å². The van der Waals surface area contributed by atoms with Gasteiger partial charge in [0.2, 0.25) is 0 Å². The molecule has 0 fully saturated rings. The number of hydrogen-bond acceptors (Lipinski definition) is 7. The smallest absolute Gasteiger partial charge is 0.303 e. The van der Waals surface area contributed by atoms with E-state index < -0.39 is 29.2 Å². The lowest BCUT2D eigenvalue weighted by atomic mass is 10.1. The molecule has 0 aliphatic heterocycles. The highest BCUT2D eigenvalue weighted by molar-refractivity contribution is 9.11. The molecule has 148 valence electrons. The third-order valence-corrected chi connectivity index (χ3v) is 5.70. The number of hydrogen-bond donors (Lipinski definition) is 2. The largest absolute Gasteiger partial charge is 0.462 e. The van der Waals surface area contributed by atoms with Crippen molar-refractivity contribution in [2.75, 3.05) is 18.9 Å². The Balaban J connectivity index is 3.09. The molecule has 0 radical (unpaired) electrons. The first-order chi connectivity index (χ1) is 12.5. The Kier molecular flexibility index (Phi) is 9.19. The van der Waals surface area contributed by atoms with Gasteiger partial charge in [-0.15, -0.1) is 0 Å². The number of halogens is 4. The van der Waals surface area contributed by atoms with Gasteiger partial charge in [0.15, 0.2) is 6.10 Å². The fraction of sp³-hybridized carbons (Fsp3) is 0.333. The Morgan fingerprint density at radius 1 is 1.04 bits per heavy atom. The fourth-order valence-corrected chi connectivity index (χ4v) is 5.05. The van der Waals surface area contributed by atoms with E-state index in [1.165, 1.54) is 13.8 Å². The molecule has 3 N–H and O–H groups in total. The number of nitrogens with one attached hydrogen (secondary N) is 1. The quantitative estimate of drug-likeness (QED) is 0.283. The van der Waals surface area contributed by atoms with Gasteiger partial charge in [0.25, 0.3) is 11.1 Å². The van der Waals surface area contributed by atoms with Crippen molar-refractivity contribution in [2.24, 2.45) is 0 Å². The van der Waals surface area contributed by atoms with Gasteiger partial charge in [-0.1, -0.05) is 0 Å². The van der Waals surface area contributed by atoms with Crippen molar-refractivity contribution in [2.45, 2.75) is 20.0 Å². The van der Waals surface area contributed by atoms with Gasteiger partial charge in [-0.3, -0.25) is 19.2 Å². The van der Waals surface area contributed by atoms with Crippen LogP contribution in [0.3, 0.4) is 0 Å². The van der Waals surface area contributed by atoms with Gasteiger partial charge < -0.3 is 20.5 Å². The minimum absolute atomic E-state index is 0.0148. The Bertz CT molecular complexity index is 802. The van der Waals surface area contributed by atoms with Crippen LogP contribution >= 0.6 is 59.4 Å². The number of rotatable bonds is 7. The normalized spacial score (nSPS) is 11.5. The van der Waals surface area contributed by atoms with E-state index in [2.05, 4.69) is 53.1 Å². The van der Waals surface area contributed by atoms with Gasteiger partial charge in [0.1, 0.15) is 6.61 Å². The molecule has 0 saturated heterocycles. The molecular formula is C15H14Br3ClN2O6. The summed E-state index contributed by atoms with van der Waals surface area (Å²) in [5.41, 5.74) is 6.01. The maximum Gasteiger partial charge on any atom is 0.303 e. The van der Waals surface area contributed by atoms with Crippen LogP contribution in [-0.2, 0) is 19.1 Å². The van der Waals surface area contributed by atoms with E-state index in [0.29, 0.717) is 0 Å². The van der Waals surface area contributed by atoms with Gasteiger partial charge in [-0.05, 0) is 59.4 Å². The maximum atomic E-state index is 12.6. The molecule has 27 heavy (non-hydrogen) atoms. The summed E-state index contributed by atoms with van der Waals surface area (Å²) in [7, 11) is 0. The summed E-state index contributed by atoms with van der Waals surface area (Å²) < 4.78 is 10.4. The second-order valence-corrected chi connectivity index (χ2v) is 7.85. The molecule has 1 atom stereocenters. The van der Waals surface area contributed by atoms with E-state index in [0.717, 1.165) is 0 Å². The van der Waals surface area contributed by atoms with Crippen molar-refractivity contribution in [1.29, 1.82) is 0 Å². The highest BCUT2D eigenvalue weighted by Crippen LogP contribution is 2.41. The van der Waals surface area contributed by atoms with E-state index in [9.17, 15) is 19.2 Å². The fourth-order valence-electron chi connectivity index (χ4n) is 1.93. The summed E-state index contributed by atoms with van der Waals surface area (Å²) in [5.74, 6) is -1.80. The van der Waals surface area contributed by atoms with Crippen LogP contribution in [0.5, 0.6) is 0 Å². The van der Waals surface area contributed by atoms with E-state index in [1.807, 2.05) is 0 Å². The Morgan fingerprint density at radius 2 is 1.59 bits per heavy atom. The zero-order valence-corrected chi connectivity index (χ0v) is 19.5. The van der Waals surface area contributed by atoms with Crippen LogP contribution in [0, 0.1) is 0 Å². The predicted octanol–water partition coefficient (Wildman–Crippen LogP) is 3.16. The van der Waals surface area contributed by atoms with Crippen LogP contribution in [0.1, 0.15) is 34.6 Å². The molecule has 0 saturated carbocycles.